The summed E-state index contributed by atoms with van der Waals surface area (Å²) in [4.78, 5) is 44.1. The third-order valence-electron chi connectivity index (χ3n) is 6.09. The molecule has 2 heterocycles. The number of likely N-dealkylation sites (N-methyl/N-ethyl adjacent to an activating group) is 2. The van der Waals surface area contributed by atoms with Crippen molar-refractivity contribution in [1.82, 2.24) is 19.6 Å². The molecule has 8 nitrogen and oxygen atoms in total. The van der Waals surface area contributed by atoms with Gasteiger partial charge < -0.3 is 20.4 Å². The first-order valence-corrected chi connectivity index (χ1v) is 9.56. The number of piperidine rings is 1. The van der Waals surface area contributed by atoms with Crippen molar-refractivity contribution in [2.45, 2.75) is 38.3 Å². The van der Waals surface area contributed by atoms with Crippen LogP contribution in [0.2, 0.25) is 0 Å². The number of amides is 4. The number of nitrogens with zero attached hydrogens (tertiary/aromatic N) is 4. The van der Waals surface area contributed by atoms with Gasteiger partial charge in [-0.05, 0) is 31.9 Å². The zero-order chi connectivity index (χ0) is 20.4. The number of primary amides is 1. The fourth-order valence-electron chi connectivity index (χ4n) is 4.34. The molecule has 2 aliphatic rings. The number of carbonyl (C=O) groups is 3. The molecule has 0 aliphatic carbocycles. The third-order valence-corrected chi connectivity index (χ3v) is 6.09. The van der Waals surface area contributed by atoms with Gasteiger partial charge in [0.1, 0.15) is 6.04 Å². The Balaban J connectivity index is 2.05. The highest BCUT2D eigenvalue weighted by atomic mass is 16.2. The van der Waals surface area contributed by atoms with E-state index in [1.807, 2.05) is 18.7 Å². The summed E-state index contributed by atoms with van der Waals surface area (Å²) in [5.74, 6) is -0.572. The number of piperazine rings is 1. The molecule has 2 rings (SSSR count). The summed E-state index contributed by atoms with van der Waals surface area (Å²) in [5, 5.41) is 0. The SMILES string of the molecule is C=CC(=O)N1CCN(C)C2(CCN(C(=O)N(C)[C@H](C(N)=O)C(C)C)CC2)C1. The fourth-order valence-corrected chi connectivity index (χ4v) is 4.34. The molecule has 2 aliphatic heterocycles. The lowest BCUT2D eigenvalue weighted by Crippen LogP contribution is -2.66. The van der Waals surface area contributed by atoms with Gasteiger partial charge in [0.05, 0.1) is 0 Å². The van der Waals surface area contributed by atoms with Crippen molar-refractivity contribution in [1.29, 1.82) is 0 Å². The van der Waals surface area contributed by atoms with Crippen LogP contribution in [-0.2, 0) is 9.59 Å². The van der Waals surface area contributed by atoms with Crippen molar-refractivity contribution in [2.75, 3.05) is 46.8 Å². The lowest BCUT2D eigenvalue weighted by Gasteiger charge is -2.53. The molecule has 0 bridgehead atoms. The van der Waals surface area contributed by atoms with Crippen LogP contribution in [0.1, 0.15) is 26.7 Å². The van der Waals surface area contributed by atoms with Crippen LogP contribution in [0.3, 0.4) is 0 Å². The first-order valence-electron chi connectivity index (χ1n) is 9.56. The summed E-state index contributed by atoms with van der Waals surface area (Å²) < 4.78 is 0. The van der Waals surface area contributed by atoms with Crippen molar-refractivity contribution in [3.05, 3.63) is 12.7 Å². The van der Waals surface area contributed by atoms with Gasteiger partial charge in [0, 0.05) is 45.3 Å². The molecule has 0 saturated carbocycles. The number of rotatable bonds is 4. The molecule has 0 aromatic carbocycles. The van der Waals surface area contributed by atoms with E-state index in [1.54, 1.807) is 11.9 Å². The second-order valence-corrected chi connectivity index (χ2v) is 8.08. The highest BCUT2D eigenvalue weighted by Gasteiger charge is 2.44. The van der Waals surface area contributed by atoms with E-state index in [2.05, 4.69) is 18.5 Å². The molecule has 8 heteroatoms. The minimum Gasteiger partial charge on any atom is -0.368 e. The molecule has 1 atom stereocenters. The van der Waals surface area contributed by atoms with Gasteiger partial charge in [-0.15, -0.1) is 0 Å². The largest absolute Gasteiger partial charge is 0.368 e. The summed E-state index contributed by atoms with van der Waals surface area (Å²) in [6, 6.07) is -0.786. The van der Waals surface area contributed by atoms with E-state index in [0.29, 0.717) is 26.2 Å². The molecule has 2 N–H and O–H groups in total. The first kappa shape index (κ1) is 21.2. The summed E-state index contributed by atoms with van der Waals surface area (Å²) in [6.07, 6.45) is 2.93. The highest BCUT2D eigenvalue weighted by molar-refractivity contribution is 5.87. The number of hydrogen-bond acceptors (Lipinski definition) is 4. The van der Waals surface area contributed by atoms with Crippen LogP contribution in [0.4, 0.5) is 4.79 Å². The van der Waals surface area contributed by atoms with E-state index in [0.717, 1.165) is 19.4 Å². The third kappa shape index (κ3) is 4.26. The molecular formula is C19H33N5O3. The van der Waals surface area contributed by atoms with Gasteiger partial charge in [-0.3, -0.25) is 14.5 Å². The normalized spacial score (nSPS) is 21.2. The van der Waals surface area contributed by atoms with Crippen LogP contribution in [0.15, 0.2) is 12.7 Å². The van der Waals surface area contributed by atoms with Gasteiger partial charge in [-0.25, -0.2) is 4.79 Å². The van der Waals surface area contributed by atoms with Gasteiger partial charge >= 0.3 is 6.03 Å². The van der Waals surface area contributed by atoms with Crippen molar-refractivity contribution >= 4 is 17.8 Å². The Morgan fingerprint density at radius 2 is 1.70 bits per heavy atom. The molecule has 0 aromatic rings. The molecule has 152 valence electrons. The maximum atomic E-state index is 12.9. The van der Waals surface area contributed by atoms with Crippen LogP contribution in [0, 0.1) is 5.92 Å². The van der Waals surface area contributed by atoms with Crippen molar-refractivity contribution < 1.29 is 14.4 Å². The lowest BCUT2D eigenvalue weighted by molar-refractivity contribution is -0.132. The predicted molar refractivity (Wildman–Crippen MR) is 104 cm³/mol. The topological polar surface area (TPSA) is 90.2 Å². The lowest BCUT2D eigenvalue weighted by atomic mass is 9.83. The second-order valence-electron chi connectivity index (χ2n) is 8.08. The Hall–Kier alpha value is -2.09. The van der Waals surface area contributed by atoms with Crippen LogP contribution in [0.5, 0.6) is 0 Å². The Kier molecular flexibility index (Phi) is 6.51. The maximum absolute atomic E-state index is 12.9. The standard InChI is InChI=1S/C19H33N5O3/c1-6-15(25)24-12-11-21(4)19(13-24)7-9-23(10-8-19)18(27)22(5)16(14(2)3)17(20)26/h6,14,16H,1,7-13H2,2-5H3,(H2,20,26)/t16-/m0/s1. The van der Waals surface area contributed by atoms with E-state index >= 15 is 0 Å². The zero-order valence-corrected chi connectivity index (χ0v) is 17.0. The Labute approximate surface area is 161 Å². The van der Waals surface area contributed by atoms with Gasteiger partial charge in [0.2, 0.25) is 11.8 Å². The second kappa shape index (κ2) is 8.29. The van der Waals surface area contributed by atoms with Gasteiger partial charge in [-0.2, -0.15) is 0 Å². The van der Waals surface area contributed by atoms with Crippen LogP contribution >= 0.6 is 0 Å². The number of hydrogen-bond donors (Lipinski definition) is 1. The fraction of sp³-hybridized carbons (Fsp3) is 0.737. The quantitative estimate of drug-likeness (QED) is 0.714. The smallest absolute Gasteiger partial charge is 0.320 e. The molecule has 4 amide bonds. The van der Waals surface area contributed by atoms with E-state index in [1.165, 1.54) is 11.0 Å². The Morgan fingerprint density at radius 3 is 2.19 bits per heavy atom. The summed E-state index contributed by atoms with van der Waals surface area (Å²) in [5.41, 5.74) is 5.37. The summed E-state index contributed by atoms with van der Waals surface area (Å²) >= 11 is 0. The molecule has 0 unspecified atom stereocenters. The maximum Gasteiger partial charge on any atom is 0.320 e. The monoisotopic (exact) mass is 379 g/mol. The van der Waals surface area contributed by atoms with Crippen molar-refractivity contribution in [3.63, 3.8) is 0 Å². The zero-order valence-electron chi connectivity index (χ0n) is 17.0. The Bertz CT molecular complexity index is 598. The molecule has 27 heavy (non-hydrogen) atoms. The number of carbonyl (C=O) groups excluding carboxylic acids is 3. The van der Waals surface area contributed by atoms with Crippen molar-refractivity contribution in [2.24, 2.45) is 11.7 Å². The molecule has 0 radical (unpaired) electrons. The molecular weight excluding hydrogens is 346 g/mol. The van der Waals surface area contributed by atoms with Crippen LogP contribution < -0.4 is 5.73 Å². The van der Waals surface area contributed by atoms with Gasteiger partial charge in [0.25, 0.3) is 0 Å². The number of likely N-dealkylation sites (tertiary alicyclic amines) is 1. The number of urea groups is 1. The van der Waals surface area contributed by atoms with E-state index < -0.39 is 11.9 Å². The summed E-state index contributed by atoms with van der Waals surface area (Å²) in [7, 11) is 3.72. The minimum absolute atomic E-state index is 0.0399. The van der Waals surface area contributed by atoms with E-state index in [4.69, 9.17) is 5.73 Å². The Morgan fingerprint density at radius 1 is 1.11 bits per heavy atom. The van der Waals surface area contributed by atoms with E-state index in [9.17, 15) is 14.4 Å². The van der Waals surface area contributed by atoms with Crippen LogP contribution in [0.25, 0.3) is 0 Å². The molecule has 2 fully saturated rings. The average molecular weight is 380 g/mol. The predicted octanol–water partition coefficient (Wildman–Crippen LogP) is 0.343. The first-order chi connectivity index (χ1) is 12.6. The van der Waals surface area contributed by atoms with Crippen LogP contribution in [-0.4, -0.2) is 95.8 Å². The van der Waals surface area contributed by atoms with Gasteiger partial charge in [0.15, 0.2) is 0 Å². The molecule has 0 aromatic heterocycles. The minimum atomic E-state index is -0.619. The molecule has 1 spiro atoms. The van der Waals surface area contributed by atoms with E-state index in [-0.39, 0.29) is 23.4 Å². The summed E-state index contributed by atoms with van der Waals surface area (Å²) in [6.45, 7) is 10.7. The number of nitrogens with two attached hydrogens (primary N) is 1. The highest BCUT2D eigenvalue weighted by Crippen LogP contribution is 2.32. The molecule has 2 saturated heterocycles. The average Bonchev–Trinajstić information content (AvgIpc) is 2.62. The van der Waals surface area contributed by atoms with Crippen molar-refractivity contribution in [3.8, 4) is 0 Å². The van der Waals surface area contributed by atoms with Gasteiger partial charge in [-0.1, -0.05) is 20.4 Å².